The minimum Gasteiger partial charge on any atom is -0.471 e. The van der Waals surface area contributed by atoms with Crippen molar-refractivity contribution >= 4 is 17.1 Å². The summed E-state index contributed by atoms with van der Waals surface area (Å²) in [4.78, 5) is 24.7. The molecular weight excluding hydrogens is 334 g/mol. The van der Waals surface area contributed by atoms with Crippen LogP contribution in [-0.4, -0.2) is 45.7 Å². The maximum absolute atomic E-state index is 12.0. The van der Waals surface area contributed by atoms with E-state index >= 15 is 0 Å². The average Bonchev–Trinajstić information content (AvgIpc) is 3.08. The standard InChI is InChI=1S/C18H21N5O3/c1-25-9-5-8-19-15(24)10-23-13-22-16-17(23)20-12-21-18(16)26-11-14-6-3-2-4-7-14/h2-4,6-7,12-13H,5,8-11H2,1H3,(H,19,24). The molecule has 1 N–H and O–H groups in total. The number of ether oxygens (including phenoxy) is 2. The van der Waals surface area contributed by atoms with Crippen molar-refractivity contribution in [1.29, 1.82) is 0 Å². The molecule has 0 bridgehead atoms. The van der Waals surface area contributed by atoms with Gasteiger partial charge in [0.05, 0.1) is 6.33 Å². The number of imidazole rings is 1. The number of nitrogens with one attached hydrogen (secondary N) is 1. The maximum Gasteiger partial charge on any atom is 0.245 e. The molecule has 1 amide bonds. The van der Waals surface area contributed by atoms with E-state index in [9.17, 15) is 4.79 Å². The van der Waals surface area contributed by atoms with Crippen molar-refractivity contribution in [2.45, 2.75) is 19.6 Å². The van der Waals surface area contributed by atoms with E-state index in [0.717, 1.165) is 12.0 Å². The molecule has 0 atom stereocenters. The second-order valence-electron chi connectivity index (χ2n) is 5.69. The molecule has 2 heterocycles. The number of nitrogens with zero attached hydrogens (tertiary/aromatic N) is 4. The molecule has 0 saturated heterocycles. The van der Waals surface area contributed by atoms with E-state index in [0.29, 0.717) is 36.8 Å². The van der Waals surface area contributed by atoms with Crippen LogP contribution >= 0.6 is 0 Å². The number of hydrogen-bond acceptors (Lipinski definition) is 6. The first kappa shape index (κ1) is 17.8. The zero-order valence-electron chi connectivity index (χ0n) is 14.6. The maximum atomic E-state index is 12.0. The van der Waals surface area contributed by atoms with Crippen molar-refractivity contribution in [3.8, 4) is 5.88 Å². The Labute approximate surface area is 151 Å². The van der Waals surface area contributed by atoms with Crippen LogP contribution in [-0.2, 0) is 22.7 Å². The van der Waals surface area contributed by atoms with E-state index < -0.39 is 0 Å². The molecule has 8 nitrogen and oxygen atoms in total. The smallest absolute Gasteiger partial charge is 0.245 e. The molecule has 0 unspecified atom stereocenters. The van der Waals surface area contributed by atoms with Gasteiger partial charge in [-0.15, -0.1) is 0 Å². The van der Waals surface area contributed by atoms with Crippen LogP contribution in [0.25, 0.3) is 11.2 Å². The van der Waals surface area contributed by atoms with Gasteiger partial charge in [-0.1, -0.05) is 30.3 Å². The lowest BCUT2D eigenvalue weighted by atomic mass is 10.2. The lowest BCUT2D eigenvalue weighted by molar-refractivity contribution is -0.121. The number of carbonyl (C=O) groups is 1. The molecule has 0 radical (unpaired) electrons. The first-order valence-corrected chi connectivity index (χ1v) is 8.36. The summed E-state index contributed by atoms with van der Waals surface area (Å²) in [5.41, 5.74) is 2.14. The Bertz CT molecular complexity index is 850. The molecule has 3 rings (SSSR count). The summed E-state index contributed by atoms with van der Waals surface area (Å²) < 4.78 is 12.4. The Kier molecular flexibility index (Phi) is 6.10. The molecule has 0 saturated carbocycles. The lowest BCUT2D eigenvalue weighted by Gasteiger charge is -2.07. The van der Waals surface area contributed by atoms with Crippen LogP contribution in [0.5, 0.6) is 5.88 Å². The van der Waals surface area contributed by atoms with Gasteiger partial charge in [0.15, 0.2) is 11.2 Å². The minimum atomic E-state index is -0.106. The largest absolute Gasteiger partial charge is 0.471 e. The first-order chi connectivity index (χ1) is 12.8. The SMILES string of the molecule is COCCCNC(=O)Cn1cnc2c(OCc3ccccc3)ncnc21. The fourth-order valence-corrected chi connectivity index (χ4v) is 2.46. The highest BCUT2D eigenvalue weighted by molar-refractivity contribution is 5.80. The van der Waals surface area contributed by atoms with Gasteiger partial charge < -0.3 is 19.4 Å². The molecule has 0 aliphatic carbocycles. The van der Waals surface area contributed by atoms with Crippen molar-refractivity contribution in [2.75, 3.05) is 20.3 Å². The second-order valence-corrected chi connectivity index (χ2v) is 5.69. The summed E-state index contributed by atoms with van der Waals surface area (Å²) in [6.45, 7) is 1.71. The van der Waals surface area contributed by atoms with Crippen LogP contribution in [0.3, 0.4) is 0 Å². The number of amides is 1. The van der Waals surface area contributed by atoms with Crippen LogP contribution in [0.4, 0.5) is 0 Å². The number of rotatable bonds is 9. The molecule has 8 heteroatoms. The topological polar surface area (TPSA) is 91.2 Å². The highest BCUT2D eigenvalue weighted by Crippen LogP contribution is 2.20. The predicted molar refractivity (Wildman–Crippen MR) is 95.6 cm³/mol. The van der Waals surface area contributed by atoms with Crippen molar-refractivity contribution in [2.24, 2.45) is 0 Å². The van der Waals surface area contributed by atoms with Crippen LogP contribution in [0, 0.1) is 0 Å². The van der Waals surface area contributed by atoms with Gasteiger partial charge in [0.1, 0.15) is 19.5 Å². The second kappa shape index (κ2) is 8.91. The van der Waals surface area contributed by atoms with Crippen LogP contribution in [0.15, 0.2) is 43.0 Å². The number of aromatic nitrogens is 4. The third-order valence-corrected chi connectivity index (χ3v) is 3.75. The zero-order valence-corrected chi connectivity index (χ0v) is 14.6. The number of benzene rings is 1. The van der Waals surface area contributed by atoms with Crippen molar-refractivity contribution in [1.82, 2.24) is 24.8 Å². The van der Waals surface area contributed by atoms with Crippen molar-refractivity contribution in [3.05, 3.63) is 48.5 Å². The quantitative estimate of drug-likeness (QED) is 0.586. The van der Waals surface area contributed by atoms with Crippen molar-refractivity contribution in [3.63, 3.8) is 0 Å². The van der Waals surface area contributed by atoms with Gasteiger partial charge in [-0.3, -0.25) is 4.79 Å². The van der Waals surface area contributed by atoms with Crippen LogP contribution in [0.1, 0.15) is 12.0 Å². The van der Waals surface area contributed by atoms with E-state index in [1.807, 2.05) is 30.3 Å². The van der Waals surface area contributed by atoms with Gasteiger partial charge in [0.25, 0.3) is 0 Å². The highest BCUT2D eigenvalue weighted by Gasteiger charge is 2.13. The third-order valence-electron chi connectivity index (χ3n) is 3.75. The van der Waals surface area contributed by atoms with E-state index in [2.05, 4.69) is 20.3 Å². The molecule has 3 aromatic rings. The van der Waals surface area contributed by atoms with Gasteiger partial charge in [-0.25, -0.2) is 9.97 Å². The first-order valence-electron chi connectivity index (χ1n) is 8.36. The number of fused-ring (bicyclic) bond motifs is 1. The zero-order chi connectivity index (χ0) is 18.2. The summed E-state index contributed by atoms with van der Waals surface area (Å²) in [6.07, 6.45) is 3.76. The Hall–Kier alpha value is -3.00. The summed E-state index contributed by atoms with van der Waals surface area (Å²) in [5.74, 6) is 0.295. The third kappa shape index (κ3) is 4.54. The molecule has 0 aliphatic rings. The predicted octanol–water partition coefficient (Wildman–Crippen LogP) is 1.56. The van der Waals surface area contributed by atoms with E-state index in [1.54, 1.807) is 18.0 Å². The summed E-state index contributed by atoms with van der Waals surface area (Å²) in [5, 5.41) is 2.84. The Morgan fingerprint density at radius 3 is 2.85 bits per heavy atom. The van der Waals surface area contributed by atoms with Gasteiger partial charge in [-0.05, 0) is 12.0 Å². The van der Waals surface area contributed by atoms with Crippen molar-refractivity contribution < 1.29 is 14.3 Å². The number of methoxy groups -OCH3 is 1. The van der Waals surface area contributed by atoms with Gasteiger partial charge in [-0.2, -0.15) is 4.98 Å². The van der Waals surface area contributed by atoms with Crippen LogP contribution < -0.4 is 10.1 Å². The van der Waals surface area contributed by atoms with Crippen LogP contribution in [0.2, 0.25) is 0 Å². The summed E-state index contributed by atoms with van der Waals surface area (Å²) in [7, 11) is 1.64. The monoisotopic (exact) mass is 355 g/mol. The highest BCUT2D eigenvalue weighted by atomic mass is 16.5. The Balaban J connectivity index is 1.65. The minimum absolute atomic E-state index is 0.106. The molecule has 0 spiro atoms. The molecule has 2 aromatic heterocycles. The molecule has 0 aliphatic heterocycles. The van der Waals surface area contributed by atoms with E-state index in [1.165, 1.54) is 6.33 Å². The molecule has 1 aromatic carbocycles. The summed E-state index contributed by atoms with van der Waals surface area (Å²) in [6, 6.07) is 9.81. The molecule has 0 fully saturated rings. The average molecular weight is 355 g/mol. The molecule has 26 heavy (non-hydrogen) atoms. The summed E-state index contributed by atoms with van der Waals surface area (Å²) >= 11 is 0. The molecule has 136 valence electrons. The normalized spacial score (nSPS) is 10.8. The fourth-order valence-electron chi connectivity index (χ4n) is 2.46. The Morgan fingerprint density at radius 2 is 2.04 bits per heavy atom. The van der Waals surface area contributed by atoms with E-state index in [-0.39, 0.29) is 12.5 Å². The van der Waals surface area contributed by atoms with E-state index in [4.69, 9.17) is 9.47 Å². The van der Waals surface area contributed by atoms with Gasteiger partial charge in [0.2, 0.25) is 11.8 Å². The van der Waals surface area contributed by atoms with Gasteiger partial charge >= 0.3 is 0 Å². The lowest BCUT2D eigenvalue weighted by Crippen LogP contribution is -2.28. The number of carbonyl (C=O) groups excluding carboxylic acids is 1. The van der Waals surface area contributed by atoms with Gasteiger partial charge in [0, 0.05) is 20.3 Å². The molecular formula is C18H21N5O3. The number of hydrogen-bond donors (Lipinski definition) is 1. The fraction of sp³-hybridized carbons (Fsp3) is 0.333. The Morgan fingerprint density at radius 1 is 1.19 bits per heavy atom.